The van der Waals surface area contributed by atoms with Crippen LogP contribution in [0.4, 0.5) is 0 Å². The maximum Gasteiger partial charge on any atom is 0.295 e. The standard InChI is InChI=1S/C23H23Cl2NO6/c1-4-32-18-12-13(6-8-17(18)31-3)20-19(22(28)23(29)26(20)9-10-30-2)21(27)14-5-7-15(24)16(25)11-14/h5-8,11-12,20,27H,4,9-10H2,1-3H3/b21-19-. The summed E-state index contributed by atoms with van der Waals surface area (Å²) in [7, 11) is 3.02. The van der Waals surface area contributed by atoms with Gasteiger partial charge in [-0.3, -0.25) is 9.59 Å². The van der Waals surface area contributed by atoms with Crippen molar-refractivity contribution in [1.82, 2.24) is 4.90 Å². The molecule has 170 valence electrons. The Kier molecular flexibility index (Phi) is 7.66. The summed E-state index contributed by atoms with van der Waals surface area (Å²) in [5.74, 6) is -0.917. The fraction of sp³-hybridized carbons (Fsp3) is 0.304. The Balaban J connectivity index is 2.20. The highest BCUT2D eigenvalue weighted by Crippen LogP contribution is 2.42. The van der Waals surface area contributed by atoms with Crippen molar-refractivity contribution in [1.29, 1.82) is 0 Å². The van der Waals surface area contributed by atoms with Crippen molar-refractivity contribution in [2.45, 2.75) is 13.0 Å². The van der Waals surface area contributed by atoms with Gasteiger partial charge in [0.2, 0.25) is 0 Å². The minimum Gasteiger partial charge on any atom is -0.507 e. The fourth-order valence-corrected chi connectivity index (χ4v) is 3.88. The van der Waals surface area contributed by atoms with Gasteiger partial charge in [0.15, 0.2) is 11.5 Å². The lowest BCUT2D eigenvalue weighted by Crippen LogP contribution is -2.32. The largest absolute Gasteiger partial charge is 0.507 e. The molecule has 9 heteroatoms. The number of aliphatic hydroxyl groups excluding tert-OH is 1. The van der Waals surface area contributed by atoms with Crippen molar-refractivity contribution in [2.24, 2.45) is 0 Å². The summed E-state index contributed by atoms with van der Waals surface area (Å²) in [5, 5.41) is 11.6. The molecular formula is C23H23Cl2NO6. The first-order valence-electron chi connectivity index (χ1n) is 9.87. The van der Waals surface area contributed by atoms with Gasteiger partial charge in [0.1, 0.15) is 5.76 Å². The SMILES string of the molecule is CCOc1cc(C2/C(=C(/O)c3ccc(Cl)c(Cl)c3)C(=O)C(=O)N2CCOC)ccc1OC. The number of nitrogens with zero attached hydrogens (tertiary/aromatic N) is 1. The van der Waals surface area contributed by atoms with Crippen LogP contribution in [-0.2, 0) is 14.3 Å². The number of ether oxygens (including phenoxy) is 3. The Morgan fingerprint density at radius 1 is 1.06 bits per heavy atom. The number of carbonyl (C=O) groups excluding carboxylic acids is 2. The molecule has 0 aliphatic carbocycles. The van der Waals surface area contributed by atoms with E-state index in [0.29, 0.717) is 28.7 Å². The number of likely N-dealkylation sites (tertiary alicyclic amines) is 1. The van der Waals surface area contributed by atoms with E-state index in [0.717, 1.165) is 0 Å². The molecule has 0 aromatic heterocycles. The highest BCUT2D eigenvalue weighted by Gasteiger charge is 2.46. The summed E-state index contributed by atoms with van der Waals surface area (Å²) < 4.78 is 16.1. The Bertz CT molecular complexity index is 1070. The molecule has 7 nitrogen and oxygen atoms in total. The first-order valence-corrected chi connectivity index (χ1v) is 10.6. The normalized spacial score (nSPS) is 17.7. The molecular weight excluding hydrogens is 457 g/mol. The number of aliphatic hydroxyl groups is 1. The average Bonchev–Trinajstić information content (AvgIpc) is 3.04. The summed E-state index contributed by atoms with van der Waals surface area (Å²) >= 11 is 12.1. The van der Waals surface area contributed by atoms with Crippen molar-refractivity contribution < 1.29 is 28.9 Å². The van der Waals surface area contributed by atoms with Crippen LogP contribution >= 0.6 is 23.2 Å². The molecule has 0 radical (unpaired) electrons. The van der Waals surface area contributed by atoms with Gasteiger partial charge >= 0.3 is 0 Å². The maximum absolute atomic E-state index is 13.0. The van der Waals surface area contributed by atoms with Gasteiger partial charge in [-0.2, -0.15) is 0 Å². The molecule has 32 heavy (non-hydrogen) atoms. The van der Waals surface area contributed by atoms with E-state index in [1.807, 2.05) is 6.92 Å². The molecule has 3 rings (SSSR count). The van der Waals surface area contributed by atoms with Gasteiger partial charge in [-0.1, -0.05) is 29.3 Å². The van der Waals surface area contributed by atoms with Crippen molar-refractivity contribution in [3.8, 4) is 11.5 Å². The van der Waals surface area contributed by atoms with Crippen LogP contribution < -0.4 is 9.47 Å². The zero-order chi connectivity index (χ0) is 23.4. The van der Waals surface area contributed by atoms with Crippen LogP contribution in [0.25, 0.3) is 5.76 Å². The second kappa shape index (κ2) is 10.3. The molecule has 1 atom stereocenters. The molecule has 1 heterocycles. The van der Waals surface area contributed by atoms with Crippen LogP contribution in [0.2, 0.25) is 10.0 Å². The van der Waals surface area contributed by atoms with Gasteiger partial charge in [-0.15, -0.1) is 0 Å². The van der Waals surface area contributed by atoms with E-state index in [1.54, 1.807) is 18.2 Å². The van der Waals surface area contributed by atoms with Crippen LogP contribution in [0.5, 0.6) is 11.5 Å². The fourth-order valence-electron chi connectivity index (χ4n) is 3.58. The molecule has 0 saturated carbocycles. The molecule has 2 aromatic rings. The highest BCUT2D eigenvalue weighted by atomic mass is 35.5. The van der Waals surface area contributed by atoms with Crippen LogP contribution in [0.15, 0.2) is 42.0 Å². The third-order valence-electron chi connectivity index (χ3n) is 5.07. The molecule has 1 amide bonds. The number of halogens is 2. The van der Waals surface area contributed by atoms with Crippen molar-refractivity contribution in [2.75, 3.05) is 34.0 Å². The molecule has 1 unspecified atom stereocenters. The predicted octanol–water partition coefficient (Wildman–Crippen LogP) is 4.47. The molecule has 2 aromatic carbocycles. The van der Waals surface area contributed by atoms with E-state index in [4.69, 9.17) is 37.4 Å². The van der Waals surface area contributed by atoms with Gasteiger partial charge in [0.25, 0.3) is 11.7 Å². The lowest BCUT2D eigenvalue weighted by atomic mass is 9.95. The predicted molar refractivity (Wildman–Crippen MR) is 122 cm³/mol. The number of rotatable bonds is 8. The van der Waals surface area contributed by atoms with E-state index in [1.165, 1.54) is 37.3 Å². The molecule has 0 spiro atoms. The van der Waals surface area contributed by atoms with Crippen molar-refractivity contribution in [3.63, 3.8) is 0 Å². The average molecular weight is 480 g/mol. The third-order valence-corrected chi connectivity index (χ3v) is 5.81. The Labute approximate surface area is 196 Å². The second-order valence-corrected chi connectivity index (χ2v) is 7.77. The number of ketones is 1. The molecule has 1 aliphatic rings. The van der Waals surface area contributed by atoms with Gasteiger partial charge in [0, 0.05) is 19.2 Å². The minimum atomic E-state index is -0.857. The van der Waals surface area contributed by atoms with Gasteiger partial charge < -0.3 is 24.2 Å². The summed E-state index contributed by atoms with van der Waals surface area (Å²) in [6, 6.07) is 8.73. The quantitative estimate of drug-likeness (QED) is 0.341. The van der Waals surface area contributed by atoms with Crippen molar-refractivity contribution in [3.05, 3.63) is 63.1 Å². The summed E-state index contributed by atoms with van der Waals surface area (Å²) in [6.45, 7) is 2.60. The zero-order valence-corrected chi connectivity index (χ0v) is 19.4. The van der Waals surface area contributed by atoms with Gasteiger partial charge in [0.05, 0.1) is 42.0 Å². The molecule has 0 bridgehead atoms. The topological polar surface area (TPSA) is 85.3 Å². The number of hydrogen-bond donors (Lipinski definition) is 1. The lowest BCUT2D eigenvalue weighted by Gasteiger charge is -2.25. The summed E-state index contributed by atoms with van der Waals surface area (Å²) in [6.07, 6.45) is 0. The first kappa shape index (κ1) is 23.9. The van der Waals surface area contributed by atoms with Crippen molar-refractivity contribution >= 4 is 40.7 Å². The number of hydrogen-bond acceptors (Lipinski definition) is 6. The Hall–Kier alpha value is -2.74. The van der Waals surface area contributed by atoms with E-state index < -0.39 is 17.7 Å². The Morgan fingerprint density at radius 3 is 2.44 bits per heavy atom. The number of carbonyl (C=O) groups is 2. The van der Waals surface area contributed by atoms with E-state index >= 15 is 0 Å². The smallest absolute Gasteiger partial charge is 0.295 e. The Morgan fingerprint density at radius 2 is 1.81 bits per heavy atom. The highest BCUT2D eigenvalue weighted by molar-refractivity contribution is 6.46. The first-order chi connectivity index (χ1) is 15.3. The molecule has 1 fully saturated rings. The number of methoxy groups -OCH3 is 2. The molecule has 1 aliphatic heterocycles. The zero-order valence-electron chi connectivity index (χ0n) is 17.9. The summed E-state index contributed by atoms with van der Waals surface area (Å²) in [4.78, 5) is 27.2. The maximum atomic E-state index is 13.0. The number of amides is 1. The lowest BCUT2D eigenvalue weighted by molar-refractivity contribution is -0.140. The number of Topliss-reactive ketones (excluding diaryl/α,β-unsaturated/α-hetero) is 1. The van der Waals surface area contributed by atoms with Gasteiger partial charge in [-0.25, -0.2) is 0 Å². The van der Waals surface area contributed by atoms with Crippen LogP contribution in [0.3, 0.4) is 0 Å². The van der Waals surface area contributed by atoms with Gasteiger partial charge in [-0.05, 0) is 42.8 Å². The molecule has 1 N–H and O–H groups in total. The number of benzene rings is 2. The van der Waals surface area contributed by atoms with E-state index in [2.05, 4.69) is 0 Å². The molecule has 1 saturated heterocycles. The van der Waals surface area contributed by atoms with E-state index in [-0.39, 0.29) is 35.1 Å². The summed E-state index contributed by atoms with van der Waals surface area (Å²) in [5.41, 5.74) is 0.788. The van der Waals surface area contributed by atoms with E-state index in [9.17, 15) is 14.7 Å². The third kappa shape index (κ3) is 4.55. The van der Waals surface area contributed by atoms with Crippen LogP contribution in [0, 0.1) is 0 Å². The minimum absolute atomic E-state index is 0.0582. The van der Waals surface area contributed by atoms with Crippen LogP contribution in [0.1, 0.15) is 24.1 Å². The monoisotopic (exact) mass is 479 g/mol. The second-order valence-electron chi connectivity index (χ2n) is 6.96. The van der Waals surface area contributed by atoms with Crippen LogP contribution in [-0.4, -0.2) is 55.7 Å².